The topological polar surface area (TPSA) is 81.4 Å². The predicted octanol–water partition coefficient (Wildman–Crippen LogP) is 0.0983. The van der Waals surface area contributed by atoms with E-state index >= 15 is 0 Å². The van der Waals surface area contributed by atoms with Gasteiger partial charge in [-0.25, -0.2) is 13.6 Å². The Balaban J connectivity index is 3.89. The van der Waals surface area contributed by atoms with E-state index in [0.29, 0.717) is 0 Å². The van der Waals surface area contributed by atoms with Gasteiger partial charge in [0.1, 0.15) is 6.61 Å². The molecule has 0 spiro atoms. The fourth-order valence-electron chi connectivity index (χ4n) is 0.533. The molecule has 0 bridgehead atoms. The van der Waals surface area contributed by atoms with Gasteiger partial charge in [0.15, 0.2) is 0 Å². The van der Waals surface area contributed by atoms with E-state index in [9.17, 15) is 27.2 Å². The van der Waals surface area contributed by atoms with Gasteiger partial charge in [-0.05, 0) is 0 Å². The fourth-order valence-corrected chi connectivity index (χ4v) is 0.533. The van der Waals surface area contributed by atoms with Crippen molar-refractivity contribution in [2.45, 2.75) is 12.3 Å². The number of ether oxygens (including phenoxy) is 1. The zero-order chi connectivity index (χ0) is 12.1. The van der Waals surface area contributed by atoms with E-state index in [4.69, 9.17) is 0 Å². The second kappa shape index (κ2) is 5.37. The van der Waals surface area contributed by atoms with Gasteiger partial charge in [0.2, 0.25) is 0 Å². The first-order valence-corrected chi connectivity index (χ1v) is 3.65. The van der Waals surface area contributed by atoms with Gasteiger partial charge in [-0.15, -0.1) is 0 Å². The average Bonchev–Trinajstić information content (AvgIpc) is 2.11. The number of hydrogen-bond donors (Lipinski definition) is 2. The Morgan fingerprint density at radius 2 is 1.93 bits per heavy atom. The quantitative estimate of drug-likeness (QED) is 0.521. The molecule has 0 aromatic heterocycles. The third-order valence-corrected chi connectivity index (χ3v) is 1.21. The molecule has 0 heterocycles. The first-order valence-electron chi connectivity index (χ1n) is 3.65. The lowest BCUT2D eigenvalue weighted by Gasteiger charge is -2.14. The highest BCUT2D eigenvalue weighted by Crippen LogP contribution is 2.22. The van der Waals surface area contributed by atoms with Crippen molar-refractivity contribution in [3.8, 4) is 0 Å². The number of carbonyl (C=O) groups excluding carboxylic acids is 2. The number of halogens is 4. The highest BCUT2D eigenvalue weighted by atomic mass is 19.3. The van der Waals surface area contributed by atoms with E-state index in [1.165, 1.54) is 5.32 Å². The second-order valence-electron chi connectivity index (χ2n) is 2.35. The van der Waals surface area contributed by atoms with Crippen LogP contribution >= 0.6 is 0 Å². The average molecular weight is 232 g/mol. The number of carbonyl (C=O) groups is 2. The van der Waals surface area contributed by atoms with E-state index in [0.717, 1.165) is 0 Å². The van der Waals surface area contributed by atoms with Crippen molar-refractivity contribution in [3.63, 3.8) is 0 Å². The van der Waals surface area contributed by atoms with Crippen molar-refractivity contribution in [1.82, 2.24) is 5.32 Å². The molecule has 0 radical (unpaired) electrons. The first-order chi connectivity index (χ1) is 6.78. The van der Waals surface area contributed by atoms with Crippen molar-refractivity contribution < 1.29 is 31.9 Å². The first kappa shape index (κ1) is 13.5. The summed E-state index contributed by atoms with van der Waals surface area (Å²) < 4.78 is 51.7. The highest BCUT2D eigenvalue weighted by Gasteiger charge is 2.48. The summed E-state index contributed by atoms with van der Waals surface area (Å²) in [7, 11) is 0. The Labute approximate surface area is 81.6 Å². The summed E-state index contributed by atoms with van der Waals surface area (Å²) in [5.41, 5.74) is 4.50. The third kappa shape index (κ3) is 4.47. The summed E-state index contributed by atoms with van der Waals surface area (Å²) in [4.78, 5) is 20.4. The molecule has 0 unspecified atom stereocenters. The molecule has 0 aliphatic heterocycles. The standard InChI is InChI=1S/C6H8F4N2O3/c7-3(8)6(9,10)4(13)12-1-2-15-5(11)14/h3H,1-2H2,(H2,11,14)(H,12,13). The van der Waals surface area contributed by atoms with Crippen LogP contribution in [0, 0.1) is 0 Å². The van der Waals surface area contributed by atoms with Gasteiger partial charge in [0, 0.05) is 0 Å². The summed E-state index contributed by atoms with van der Waals surface area (Å²) in [6.45, 7) is -0.996. The lowest BCUT2D eigenvalue weighted by Crippen LogP contribution is -2.46. The van der Waals surface area contributed by atoms with Crippen LogP contribution in [0.25, 0.3) is 0 Å². The molecule has 0 aliphatic carbocycles. The molecule has 0 rings (SSSR count). The third-order valence-electron chi connectivity index (χ3n) is 1.21. The SMILES string of the molecule is NC(=O)OCCNC(=O)C(F)(F)C(F)F. The van der Waals surface area contributed by atoms with Crippen LogP contribution in [0.15, 0.2) is 0 Å². The van der Waals surface area contributed by atoms with Crippen LogP contribution in [0.2, 0.25) is 0 Å². The van der Waals surface area contributed by atoms with E-state index < -0.39 is 37.5 Å². The number of nitrogens with two attached hydrogens (primary N) is 1. The van der Waals surface area contributed by atoms with Crippen LogP contribution in [0.3, 0.4) is 0 Å². The minimum absolute atomic E-state index is 0.472. The minimum Gasteiger partial charge on any atom is -0.448 e. The molecule has 9 heteroatoms. The molecular weight excluding hydrogens is 224 g/mol. The molecule has 88 valence electrons. The summed E-state index contributed by atoms with van der Waals surface area (Å²) in [5, 5.41) is 1.46. The number of hydrogen-bond acceptors (Lipinski definition) is 3. The molecule has 5 nitrogen and oxygen atoms in total. The number of primary amides is 1. The Morgan fingerprint density at radius 1 is 1.40 bits per heavy atom. The van der Waals surface area contributed by atoms with Gasteiger partial charge < -0.3 is 15.8 Å². The second-order valence-corrected chi connectivity index (χ2v) is 2.35. The molecular formula is C6H8F4N2O3. The van der Waals surface area contributed by atoms with Crippen molar-refractivity contribution in [2.24, 2.45) is 5.73 Å². The number of alkyl halides is 4. The van der Waals surface area contributed by atoms with E-state index in [1.54, 1.807) is 0 Å². The van der Waals surface area contributed by atoms with Crippen molar-refractivity contribution >= 4 is 12.0 Å². The van der Waals surface area contributed by atoms with E-state index in [1.807, 2.05) is 0 Å². The van der Waals surface area contributed by atoms with Gasteiger partial charge >= 0.3 is 18.4 Å². The van der Waals surface area contributed by atoms with E-state index in [2.05, 4.69) is 10.5 Å². The minimum atomic E-state index is -4.76. The molecule has 15 heavy (non-hydrogen) atoms. The molecule has 0 saturated heterocycles. The van der Waals surface area contributed by atoms with E-state index in [-0.39, 0.29) is 0 Å². The van der Waals surface area contributed by atoms with Crippen LogP contribution < -0.4 is 11.1 Å². The Bertz CT molecular complexity index is 247. The Morgan fingerprint density at radius 3 is 2.33 bits per heavy atom. The summed E-state index contributed by atoms with van der Waals surface area (Å²) >= 11 is 0. The summed E-state index contributed by atoms with van der Waals surface area (Å²) in [6.07, 6.45) is -5.25. The van der Waals surface area contributed by atoms with Crippen LogP contribution in [0.5, 0.6) is 0 Å². The lowest BCUT2D eigenvalue weighted by molar-refractivity contribution is -0.169. The molecule has 0 aliphatic rings. The van der Waals surface area contributed by atoms with Gasteiger partial charge in [0.25, 0.3) is 5.91 Å². The largest absolute Gasteiger partial charge is 0.448 e. The van der Waals surface area contributed by atoms with Crippen LogP contribution in [-0.2, 0) is 9.53 Å². The maximum Gasteiger partial charge on any atom is 0.404 e. The normalized spacial score (nSPS) is 11.3. The molecule has 0 fully saturated rings. The fraction of sp³-hybridized carbons (Fsp3) is 0.667. The molecule has 0 aromatic rings. The van der Waals surface area contributed by atoms with Gasteiger partial charge in [-0.2, -0.15) is 8.78 Å². The van der Waals surface area contributed by atoms with Crippen molar-refractivity contribution in [1.29, 1.82) is 0 Å². The maximum absolute atomic E-state index is 12.2. The number of nitrogens with one attached hydrogen (secondary N) is 1. The van der Waals surface area contributed by atoms with Crippen LogP contribution in [0.1, 0.15) is 0 Å². The molecule has 0 atom stereocenters. The van der Waals surface area contributed by atoms with Gasteiger partial charge in [-0.3, -0.25) is 4.79 Å². The molecule has 2 amide bonds. The molecule has 3 N–H and O–H groups in total. The van der Waals surface area contributed by atoms with Gasteiger partial charge in [0.05, 0.1) is 6.54 Å². The van der Waals surface area contributed by atoms with Crippen molar-refractivity contribution in [3.05, 3.63) is 0 Å². The lowest BCUT2D eigenvalue weighted by atomic mass is 10.3. The monoisotopic (exact) mass is 232 g/mol. The van der Waals surface area contributed by atoms with Crippen LogP contribution in [-0.4, -0.2) is 37.5 Å². The smallest absolute Gasteiger partial charge is 0.404 e. The summed E-state index contributed by atoms with van der Waals surface area (Å²) in [5.74, 6) is -6.89. The number of rotatable bonds is 5. The van der Waals surface area contributed by atoms with Crippen molar-refractivity contribution in [2.75, 3.05) is 13.2 Å². The maximum atomic E-state index is 12.2. The molecule has 0 aromatic carbocycles. The van der Waals surface area contributed by atoms with Crippen LogP contribution in [0.4, 0.5) is 22.4 Å². The Hall–Kier alpha value is -1.54. The zero-order valence-corrected chi connectivity index (χ0v) is 7.31. The highest BCUT2D eigenvalue weighted by molar-refractivity contribution is 5.83. The Kier molecular flexibility index (Phi) is 4.82. The van der Waals surface area contributed by atoms with Gasteiger partial charge in [-0.1, -0.05) is 0 Å². The molecule has 0 saturated carbocycles. The number of amides is 2. The predicted molar refractivity (Wildman–Crippen MR) is 39.5 cm³/mol. The summed E-state index contributed by atoms with van der Waals surface area (Å²) in [6, 6.07) is 0. The zero-order valence-electron chi connectivity index (χ0n) is 7.31.